The summed E-state index contributed by atoms with van der Waals surface area (Å²) in [4.78, 5) is 37.1. The van der Waals surface area contributed by atoms with Gasteiger partial charge < -0.3 is 4.74 Å². The van der Waals surface area contributed by atoms with Crippen LogP contribution in [0.5, 0.6) is 0 Å². The number of anilines is 1. The summed E-state index contributed by atoms with van der Waals surface area (Å²) in [6.07, 6.45) is 0. The van der Waals surface area contributed by atoms with Crippen molar-refractivity contribution >= 4 is 29.2 Å². The highest BCUT2D eigenvalue weighted by atomic mass is 19.1. The number of hydrogen-bond acceptors (Lipinski definition) is 6. The van der Waals surface area contributed by atoms with Crippen LogP contribution in [0.2, 0.25) is 0 Å². The first-order valence-corrected chi connectivity index (χ1v) is 6.09. The van der Waals surface area contributed by atoms with Crippen LogP contribution in [0.4, 0.5) is 10.1 Å². The molecule has 1 saturated heterocycles. The van der Waals surface area contributed by atoms with Crippen LogP contribution in [-0.2, 0) is 19.1 Å². The minimum atomic E-state index is -1.02. The molecule has 2 atom stereocenters. The van der Waals surface area contributed by atoms with Crippen molar-refractivity contribution in [3.8, 4) is 0 Å². The first kappa shape index (κ1) is 13.2. The molecule has 1 aromatic rings. The fourth-order valence-electron chi connectivity index (χ4n) is 2.41. The van der Waals surface area contributed by atoms with Crippen molar-refractivity contribution < 1.29 is 23.5 Å². The monoisotopic (exact) mass is 291 g/mol. The van der Waals surface area contributed by atoms with E-state index in [1.165, 1.54) is 12.1 Å². The number of nitrogens with zero attached hydrogens (tertiary/aromatic N) is 2. The van der Waals surface area contributed by atoms with E-state index in [0.29, 0.717) is 0 Å². The van der Waals surface area contributed by atoms with E-state index in [1.807, 2.05) is 0 Å². The maximum atomic E-state index is 12.9. The first-order chi connectivity index (χ1) is 10.0. The second-order valence-corrected chi connectivity index (χ2v) is 4.56. The normalized spacial score (nSPS) is 23.7. The number of benzene rings is 1. The van der Waals surface area contributed by atoms with Gasteiger partial charge in [-0.05, 0) is 24.3 Å². The van der Waals surface area contributed by atoms with Crippen molar-refractivity contribution in [2.75, 3.05) is 12.0 Å². The second kappa shape index (κ2) is 4.65. The van der Waals surface area contributed by atoms with Gasteiger partial charge in [0.2, 0.25) is 5.91 Å². The SMILES string of the molecule is COC(=O)C1=NN[C@H]2C(=O)N(c3ccc(F)cc3)C(=O)[C@@H]12. The Bertz CT molecular complexity index is 670. The van der Waals surface area contributed by atoms with E-state index in [2.05, 4.69) is 15.3 Å². The topological polar surface area (TPSA) is 88.1 Å². The van der Waals surface area contributed by atoms with Crippen LogP contribution in [-0.4, -0.2) is 36.6 Å². The van der Waals surface area contributed by atoms with Gasteiger partial charge in [0, 0.05) is 0 Å². The molecule has 2 aliphatic heterocycles. The highest BCUT2D eigenvalue weighted by Gasteiger charge is 2.55. The number of esters is 1. The third-order valence-electron chi connectivity index (χ3n) is 3.40. The van der Waals surface area contributed by atoms with Crippen LogP contribution in [0.3, 0.4) is 0 Å². The van der Waals surface area contributed by atoms with Gasteiger partial charge in [-0.15, -0.1) is 0 Å². The Kier molecular flexibility index (Phi) is 2.93. The molecule has 1 fully saturated rings. The molecule has 8 heteroatoms. The van der Waals surface area contributed by atoms with E-state index in [-0.39, 0.29) is 11.4 Å². The highest BCUT2D eigenvalue weighted by Crippen LogP contribution is 2.30. The summed E-state index contributed by atoms with van der Waals surface area (Å²) in [7, 11) is 1.16. The molecule has 0 aliphatic carbocycles. The average Bonchev–Trinajstić information content (AvgIpc) is 3.01. The Labute approximate surface area is 118 Å². The fourth-order valence-corrected chi connectivity index (χ4v) is 2.41. The van der Waals surface area contributed by atoms with E-state index < -0.39 is 35.6 Å². The molecule has 7 nitrogen and oxygen atoms in total. The van der Waals surface area contributed by atoms with Crippen LogP contribution < -0.4 is 10.3 Å². The molecule has 2 amide bonds. The maximum absolute atomic E-state index is 12.9. The van der Waals surface area contributed by atoms with Crippen molar-refractivity contribution in [1.29, 1.82) is 0 Å². The van der Waals surface area contributed by atoms with Gasteiger partial charge in [-0.25, -0.2) is 14.1 Å². The number of fused-ring (bicyclic) bond motifs is 1. The number of carbonyl (C=O) groups excluding carboxylic acids is 3. The van der Waals surface area contributed by atoms with Crippen LogP contribution in [0.15, 0.2) is 29.4 Å². The molecule has 3 rings (SSSR count). The third-order valence-corrected chi connectivity index (χ3v) is 3.40. The van der Waals surface area contributed by atoms with Gasteiger partial charge in [0.25, 0.3) is 5.91 Å². The Morgan fingerprint density at radius 2 is 1.95 bits per heavy atom. The molecule has 2 aliphatic rings. The molecule has 0 aromatic heterocycles. The highest BCUT2D eigenvalue weighted by molar-refractivity contribution is 6.46. The Morgan fingerprint density at radius 1 is 1.29 bits per heavy atom. The lowest BCUT2D eigenvalue weighted by Gasteiger charge is -2.15. The number of methoxy groups -OCH3 is 1. The van der Waals surface area contributed by atoms with E-state index in [1.54, 1.807) is 0 Å². The summed E-state index contributed by atoms with van der Waals surface area (Å²) in [5, 5.41) is 3.70. The lowest BCUT2D eigenvalue weighted by atomic mass is 9.99. The van der Waals surface area contributed by atoms with Gasteiger partial charge in [-0.2, -0.15) is 5.10 Å². The fraction of sp³-hybridized carbons (Fsp3) is 0.231. The Hall–Kier alpha value is -2.77. The average molecular weight is 291 g/mol. The minimum absolute atomic E-state index is 0.134. The smallest absolute Gasteiger partial charge is 0.355 e. The summed E-state index contributed by atoms with van der Waals surface area (Å²) >= 11 is 0. The summed E-state index contributed by atoms with van der Waals surface area (Å²) in [6, 6.07) is 4.00. The predicted octanol–water partition coefficient (Wildman–Crippen LogP) is -0.184. The van der Waals surface area contributed by atoms with Crippen molar-refractivity contribution in [1.82, 2.24) is 5.43 Å². The minimum Gasteiger partial charge on any atom is -0.464 e. The number of hydrazone groups is 1. The molecule has 21 heavy (non-hydrogen) atoms. The lowest BCUT2D eigenvalue weighted by molar-refractivity contribution is -0.133. The Balaban J connectivity index is 1.95. The van der Waals surface area contributed by atoms with Gasteiger partial charge >= 0.3 is 5.97 Å². The first-order valence-electron chi connectivity index (χ1n) is 6.09. The molecular formula is C13H10FN3O4. The molecule has 0 bridgehead atoms. The number of halogens is 1. The number of ether oxygens (including phenoxy) is 1. The van der Waals surface area contributed by atoms with E-state index in [9.17, 15) is 18.8 Å². The zero-order valence-corrected chi connectivity index (χ0v) is 10.9. The number of rotatable bonds is 2. The summed E-state index contributed by atoms with van der Waals surface area (Å²) < 4.78 is 17.5. The zero-order chi connectivity index (χ0) is 15.1. The summed E-state index contributed by atoms with van der Waals surface area (Å²) in [5.74, 6) is -3.40. The summed E-state index contributed by atoms with van der Waals surface area (Å²) in [5.41, 5.74) is 2.58. The van der Waals surface area contributed by atoms with E-state index >= 15 is 0 Å². The quantitative estimate of drug-likeness (QED) is 0.603. The van der Waals surface area contributed by atoms with Crippen LogP contribution in [0.1, 0.15) is 0 Å². The van der Waals surface area contributed by atoms with Gasteiger partial charge in [-0.1, -0.05) is 0 Å². The van der Waals surface area contributed by atoms with Crippen molar-refractivity contribution in [2.45, 2.75) is 6.04 Å². The van der Waals surface area contributed by atoms with E-state index in [4.69, 9.17) is 0 Å². The molecule has 0 spiro atoms. The van der Waals surface area contributed by atoms with Gasteiger partial charge in [0.05, 0.1) is 12.8 Å². The Morgan fingerprint density at radius 3 is 2.57 bits per heavy atom. The van der Waals surface area contributed by atoms with Crippen molar-refractivity contribution in [3.05, 3.63) is 30.1 Å². The third kappa shape index (κ3) is 1.87. The molecule has 1 N–H and O–H groups in total. The molecule has 2 heterocycles. The maximum Gasteiger partial charge on any atom is 0.355 e. The molecule has 0 unspecified atom stereocenters. The number of nitrogens with one attached hydrogen (secondary N) is 1. The van der Waals surface area contributed by atoms with E-state index in [0.717, 1.165) is 24.1 Å². The van der Waals surface area contributed by atoms with Gasteiger partial charge in [0.15, 0.2) is 5.71 Å². The molecule has 1 aromatic carbocycles. The second-order valence-electron chi connectivity index (χ2n) is 4.56. The van der Waals surface area contributed by atoms with Crippen LogP contribution in [0.25, 0.3) is 0 Å². The largest absolute Gasteiger partial charge is 0.464 e. The standard InChI is InChI=1S/C13H10FN3O4/c1-21-13(20)10-8-9(15-16-10)12(19)17(11(8)18)7-4-2-6(14)3-5-7/h2-5,8-9,15H,1H3/t8-,9-/m1/s1. The number of hydrogen-bond donors (Lipinski definition) is 1. The molecular weight excluding hydrogens is 281 g/mol. The molecule has 0 radical (unpaired) electrons. The van der Waals surface area contributed by atoms with Crippen molar-refractivity contribution in [2.24, 2.45) is 11.0 Å². The predicted molar refractivity (Wildman–Crippen MR) is 68.8 cm³/mol. The molecule has 0 saturated carbocycles. The summed E-state index contributed by atoms with van der Waals surface area (Å²) in [6.45, 7) is 0. The number of amides is 2. The number of carbonyl (C=O) groups is 3. The van der Waals surface area contributed by atoms with Crippen LogP contribution >= 0.6 is 0 Å². The number of imide groups is 1. The van der Waals surface area contributed by atoms with Crippen molar-refractivity contribution in [3.63, 3.8) is 0 Å². The lowest BCUT2D eigenvalue weighted by Crippen LogP contribution is -2.36. The zero-order valence-electron chi connectivity index (χ0n) is 10.9. The van der Waals surface area contributed by atoms with Crippen LogP contribution in [0, 0.1) is 11.7 Å². The molecule has 108 valence electrons. The van der Waals surface area contributed by atoms with Gasteiger partial charge in [0.1, 0.15) is 17.8 Å². The van der Waals surface area contributed by atoms with Gasteiger partial charge in [-0.3, -0.25) is 15.0 Å².